The van der Waals surface area contributed by atoms with Gasteiger partial charge in [0.05, 0.1) is 0 Å². The lowest BCUT2D eigenvalue weighted by atomic mass is 9.66. The van der Waals surface area contributed by atoms with Gasteiger partial charge in [-0.25, -0.2) is 0 Å². The highest BCUT2D eigenvalue weighted by Crippen LogP contribution is 2.45. The molecule has 1 saturated carbocycles. The monoisotopic (exact) mass is 420 g/mol. The van der Waals surface area contributed by atoms with E-state index in [1.54, 1.807) is 0 Å². The number of rotatable bonds is 4. The van der Waals surface area contributed by atoms with Gasteiger partial charge in [-0.05, 0) is 73.9 Å². The van der Waals surface area contributed by atoms with Crippen LogP contribution < -0.4 is 4.74 Å². The molecule has 1 saturated heterocycles. The van der Waals surface area contributed by atoms with Crippen LogP contribution in [0.1, 0.15) is 48.0 Å². The minimum atomic E-state index is -0.297. The Morgan fingerprint density at radius 3 is 2.55 bits per heavy atom. The molecular weight excluding hydrogens is 388 g/mol. The number of piperidine rings is 1. The number of hydrogen-bond donors (Lipinski definition) is 0. The van der Waals surface area contributed by atoms with E-state index in [0.717, 1.165) is 37.9 Å². The van der Waals surface area contributed by atoms with E-state index >= 15 is 0 Å². The summed E-state index contributed by atoms with van der Waals surface area (Å²) in [5, 5.41) is 0. The summed E-state index contributed by atoms with van der Waals surface area (Å²) in [6.45, 7) is 3.52. The first-order valence-electron chi connectivity index (χ1n) is 11.2. The van der Waals surface area contributed by atoms with E-state index < -0.39 is 0 Å². The summed E-state index contributed by atoms with van der Waals surface area (Å²) < 4.78 is 5.34. The second-order valence-electron chi connectivity index (χ2n) is 9.17. The Morgan fingerprint density at radius 1 is 1.03 bits per heavy atom. The highest BCUT2D eigenvalue weighted by atomic mass is 16.5. The minimum Gasteiger partial charge on any atom is -0.427 e. The largest absolute Gasteiger partial charge is 0.427 e. The van der Waals surface area contributed by atoms with Crippen molar-refractivity contribution in [1.82, 2.24) is 9.80 Å². The van der Waals surface area contributed by atoms with Crippen LogP contribution in [-0.4, -0.2) is 54.9 Å². The summed E-state index contributed by atoms with van der Waals surface area (Å²) >= 11 is 0. The molecule has 4 atom stereocenters. The van der Waals surface area contributed by atoms with Crippen molar-refractivity contribution in [1.29, 1.82) is 0 Å². The molecule has 0 aromatic heterocycles. The lowest BCUT2D eigenvalue weighted by Crippen LogP contribution is -2.50. The molecule has 5 nitrogen and oxygen atoms in total. The predicted octanol–water partition coefficient (Wildman–Crippen LogP) is 4.20. The molecule has 2 unspecified atom stereocenters. The molecule has 0 bridgehead atoms. The van der Waals surface area contributed by atoms with E-state index in [4.69, 9.17) is 4.74 Å². The van der Waals surface area contributed by atoms with Gasteiger partial charge in [-0.15, -0.1) is 0 Å². The van der Waals surface area contributed by atoms with Gasteiger partial charge in [-0.3, -0.25) is 9.59 Å². The highest BCUT2D eigenvalue weighted by molar-refractivity contribution is 5.94. The zero-order chi connectivity index (χ0) is 22.0. The van der Waals surface area contributed by atoms with Crippen molar-refractivity contribution < 1.29 is 14.3 Å². The van der Waals surface area contributed by atoms with Crippen LogP contribution in [0.15, 0.2) is 54.6 Å². The first-order valence-corrected chi connectivity index (χ1v) is 11.2. The van der Waals surface area contributed by atoms with Gasteiger partial charge in [0.1, 0.15) is 5.75 Å². The Balaban J connectivity index is 1.54. The van der Waals surface area contributed by atoms with E-state index in [9.17, 15) is 9.59 Å². The van der Waals surface area contributed by atoms with Crippen molar-refractivity contribution in [3.8, 4) is 5.75 Å². The van der Waals surface area contributed by atoms with Crippen LogP contribution in [0.3, 0.4) is 0 Å². The van der Waals surface area contributed by atoms with Gasteiger partial charge in [0.25, 0.3) is 5.91 Å². The molecule has 2 fully saturated rings. The van der Waals surface area contributed by atoms with Crippen molar-refractivity contribution in [3.05, 3.63) is 65.7 Å². The molecule has 2 aliphatic rings. The molecule has 0 spiro atoms. The Kier molecular flexibility index (Phi) is 6.42. The van der Waals surface area contributed by atoms with Crippen LogP contribution in [0.25, 0.3) is 0 Å². The van der Waals surface area contributed by atoms with E-state index in [1.165, 1.54) is 12.5 Å². The number of ether oxygens (including phenoxy) is 1. The number of likely N-dealkylation sites (N-methyl/N-ethyl adjacent to an activating group) is 1. The van der Waals surface area contributed by atoms with Gasteiger partial charge in [0, 0.05) is 38.7 Å². The Bertz CT molecular complexity index is 929. The molecular formula is C26H32N2O3. The fraction of sp³-hybridized carbons (Fsp3) is 0.462. The second-order valence-corrected chi connectivity index (χ2v) is 9.17. The average Bonchev–Trinajstić information content (AvgIpc) is 2.77. The predicted molar refractivity (Wildman–Crippen MR) is 121 cm³/mol. The maximum absolute atomic E-state index is 13.0. The smallest absolute Gasteiger partial charge is 0.308 e. The Morgan fingerprint density at radius 2 is 1.81 bits per heavy atom. The average molecular weight is 421 g/mol. The third kappa shape index (κ3) is 4.82. The van der Waals surface area contributed by atoms with Crippen molar-refractivity contribution in [2.75, 3.05) is 27.2 Å². The SMILES string of the molecule is CC(=O)Oc1cccc([C@@H]2CN(C)CC3CC[C@H](N(C)C(=O)c4ccccc4)CC32)c1. The molecule has 164 valence electrons. The molecule has 31 heavy (non-hydrogen) atoms. The fourth-order valence-electron chi connectivity index (χ4n) is 5.54. The zero-order valence-corrected chi connectivity index (χ0v) is 18.7. The lowest BCUT2D eigenvalue weighted by molar-refractivity contribution is -0.131. The molecule has 0 N–H and O–H groups in total. The number of esters is 1. The van der Waals surface area contributed by atoms with Crippen LogP contribution >= 0.6 is 0 Å². The Hall–Kier alpha value is -2.66. The third-order valence-electron chi connectivity index (χ3n) is 7.03. The van der Waals surface area contributed by atoms with Crippen LogP contribution in [0.4, 0.5) is 0 Å². The first kappa shape index (κ1) is 21.6. The lowest BCUT2D eigenvalue weighted by Gasteiger charge is -2.49. The highest BCUT2D eigenvalue weighted by Gasteiger charge is 2.42. The fourth-order valence-corrected chi connectivity index (χ4v) is 5.54. The number of fused-ring (bicyclic) bond motifs is 1. The number of amides is 1. The summed E-state index contributed by atoms with van der Waals surface area (Å²) in [7, 11) is 4.14. The molecule has 1 amide bonds. The number of nitrogens with zero attached hydrogens (tertiary/aromatic N) is 2. The van der Waals surface area contributed by atoms with E-state index in [-0.39, 0.29) is 17.9 Å². The Labute approximate surface area is 185 Å². The normalized spacial score (nSPS) is 26.0. The van der Waals surface area contributed by atoms with E-state index in [2.05, 4.69) is 18.0 Å². The summed E-state index contributed by atoms with van der Waals surface area (Å²) in [6.07, 6.45) is 3.19. The summed E-state index contributed by atoms with van der Waals surface area (Å²) in [5.41, 5.74) is 1.97. The number of hydrogen-bond acceptors (Lipinski definition) is 4. The quantitative estimate of drug-likeness (QED) is 0.550. The molecule has 5 heteroatoms. The maximum atomic E-state index is 13.0. The molecule has 1 aliphatic heterocycles. The first-order chi connectivity index (χ1) is 14.9. The van der Waals surface area contributed by atoms with Crippen molar-refractivity contribution in [2.45, 2.75) is 38.1 Å². The molecule has 1 heterocycles. The topological polar surface area (TPSA) is 49.9 Å². The van der Waals surface area contributed by atoms with Crippen LogP contribution in [0, 0.1) is 11.8 Å². The molecule has 2 aromatic carbocycles. The van der Waals surface area contributed by atoms with Gasteiger partial charge in [0.2, 0.25) is 0 Å². The van der Waals surface area contributed by atoms with Gasteiger partial charge >= 0.3 is 5.97 Å². The van der Waals surface area contributed by atoms with Crippen molar-refractivity contribution in [2.24, 2.45) is 11.8 Å². The summed E-state index contributed by atoms with van der Waals surface area (Å²) in [5.74, 6) is 1.91. The molecule has 2 aromatic rings. The number of carbonyl (C=O) groups is 2. The molecule has 1 aliphatic carbocycles. The number of likely N-dealkylation sites (tertiary alicyclic amines) is 1. The van der Waals surface area contributed by atoms with Gasteiger partial charge in [0.15, 0.2) is 0 Å². The van der Waals surface area contributed by atoms with E-state index in [0.29, 0.717) is 23.5 Å². The number of carbonyl (C=O) groups excluding carboxylic acids is 2. The third-order valence-corrected chi connectivity index (χ3v) is 7.03. The van der Waals surface area contributed by atoms with Crippen LogP contribution in [0.5, 0.6) is 5.75 Å². The van der Waals surface area contributed by atoms with E-state index in [1.807, 2.05) is 60.5 Å². The van der Waals surface area contributed by atoms with Crippen LogP contribution in [-0.2, 0) is 4.79 Å². The van der Waals surface area contributed by atoms with Crippen molar-refractivity contribution in [3.63, 3.8) is 0 Å². The maximum Gasteiger partial charge on any atom is 0.308 e. The second kappa shape index (κ2) is 9.23. The van der Waals surface area contributed by atoms with Gasteiger partial charge in [-0.1, -0.05) is 30.3 Å². The molecule has 4 rings (SSSR count). The van der Waals surface area contributed by atoms with Gasteiger partial charge < -0.3 is 14.5 Å². The molecule has 0 radical (unpaired) electrons. The minimum absolute atomic E-state index is 0.102. The summed E-state index contributed by atoms with van der Waals surface area (Å²) in [4.78, 5) is 28.8. The summed E-state index contributed by atoms with van der Waals surface area (Å²) in [6, 6.07) is 17.8. The van der Waals surface area contributed by atoms with Gasteiger partial charge in [-0.2, -0.15) is 0 Å². The number of benzene rings is 2. The van der Waals surface area contributed by atoms with Crippen LogP contribution in [0.2, 0.25) is 0 Å². The standard InChI is InChI=1S/C26H32N2O3/c1-18(29)31-23-11-7-10-20(14-23)25-17-27(2)16-21-12-13-22(15-24(21)25)28(3)26(30)19-8-5-4-6-9-19/h4-11,14,21-22,24-25H,12-13,15-17H2,1-3H3/t21?,22-,24?,25-/m0/s1. The zero-order valence-electron chi connectivity index (χ0n) is 18.7. The van der Waals surface area contributed by atoms with Crippen molar-refractivity contribution >= 4 is 11.9 Å².